The van der Waals surface area contributed by atoms with E-state index in [2.05, 4.69) is 22.1 Å². The quantitative estimate of drug-likeness (QED) is 0.703. The van der Waals surface area contributed by atoms with Gasteiger partial charge in [-0.25, -0.2) is 0 Å². The highest BCUT2D eigenvalue weighted by Gasteiger charge is 2.04. The number of nitrogens with zero attached hydrogens (tertiary/aromatic N) is 1. The molecule has 17 heavy (non-hydrogen) atoms. The zero-order chi connectivity index (χ0) is 11.7. The number of aliphatic hydroxyl groups excluding tert-OH is 1. The molecule has 0 radical (unpaired) electrons. The van der Waals surface area contributed by atoms with Crippen LogP contribution < -0.4 is 0 Å². The molecule has 3 rings (SSSR count). The Labute approximate surface area is 98.8 Å². The first kappa shape index (κ1) is 10.1. The SMILES string of the molecule is OCc1ccnc(-c2cc3ccccc3[nH]2)c1. The van der Waals surface area contributed by atoms with Gasteiger partial charge in [0.1, 0.15) is 0 Å². The Morgan fingerprint density at radius 3 is 2.82 bits per heavy atom. The van der Waals surface area contributed by atoms with Crippen LogP contribution in [0.5, 0.6) is 0 Å². The first-order valence-corrected chi connectivity index (χ1v) is 5.51. The molecule has 0 atom stereocenters. The number of fused-ring (bicyclic) bond motifs is 1. The number of hydrogen-bond donors (Lipinski definition) is 2. The number of benzene rings is 1. The molecule has 0 aliphatic rings. The molecule has 2 N–H and O–H groups in total. The van der Waals surface area contributed by atoms with Gasteiger partial charge in [-0.1, -0.05) is 18.2 Å². The summed E-state index contributed by atoms with van der Waals surface area (Å²) in [5.41, 5.74) is 3.79. The van der Waals surface area contributed by atoms with Crippen molar-refractivity contribution in [3.05, 3.63) is 54.2 Å². The fourth-order valence-corrected chi connectivity index (χ4v) is 1.93. The monoisotopic (exact) mass is 224 g/mol. The van der Waals surface area contributed by atoms with E-state index in [0.29, 0.717) is 0 Å². The van der Waals surface area contributed by atoms with Crippen molar-refractivity contribution in [3.8, 4) is 11.4 Å². The number of aromatic amines is 1. The number of H-pyrrole nitrogens is 1. The number of rotatable bonds is 2. The maximum absolute atomic E-state index is 9.11. The molecule has 2 heterocycles. The summed E-state index contributed by atoms with van der Waals surface area (Å²) in [6.07, 6.45) is 1.71. The van der Waals surface area contributed by atoms with E-state index in [1.165, 1.54) is 5.39 Å². The van der Waals surface area contributed by atoms with Crippen LogP contribution in [0.1, 0.15) is 5.56 Å². The Balaban J connectivity index is 2.13. The van der Waals surface area contributed by atoms with Crippen LogP contribution in [0, 0.1) is 0 Å². The Kier molecular flexibility index (Phi) is 2.38. The Morgan fingerprint density at radius 2 is 2.00 bits per heavy atom. The number of nitrogens with one attached hydrogen (secondary N) is 1. The lowest BCUT2D eigenvalue weighted by Crippen LogP contribution is -1.87. The van der Waals surface area contributed by atoms with E-state index >= 15 is 0 Å². The fraction of sp³-hybridized carbons (Fsp3) is 0.0714. The van der Waals surface area contributed by atoms with Gasteiger partial charge in [0.05, 0.1) is 18.0 Å². The zero-order valence-corrected chi connectivity index (χ0v) is 9.22. The largest absolute Gasteiger partial charge is 0.392 e. The lowest BCUT2D eigenvalue weighted by atomic mass is 10.2. The summed E-state index contributed by atoms with van der Waals surface area (Å²) in [6.45, 7) is 0.0374. The summed E-state index contributed by atoms with van der Waals surface area (Å²) in [6, 6.07) is 13.9. The normalized spacial score (nSPS) is 10.9. The van der Waals surface area contributed by atoms with Crippen LogP contribution in [0.3, 0.4) is 0 Å². The number of para-hydroxylation sites is 1. The van der Waals surface area contributed by atoms with Crippen molar-refractivity contribution in [1.29, 1.82) is 0 Å². The third-order valence-corrected chi connectivity index (χ3v) is 2.81. The lowest BCUT2D eigenvalue weighted by Gasteiger charge is -1.99. The number of pyridine rings is 1. The molecule has 3 heteroatoms. The summed E-state index contributed by atoms with van der Waals surface area (Å²) in [7, 11) is 0. The summed E-state index contributed by atoms with van der Waals surface area (Å²) in [5.74, 6) is 0. The molecule has 84 valence electrons. The van der Waals surface area contributed by atoms with Gasteiger partial charge in [-0.3, -0.25) is 4.98 Å². The van der Waals surface area contributed by atoms with Crippen molar-refractivity contribution in [2.75, 3.05) is 0 Å². The molecule has 3 nitrogen and oxygen atoms in total. The first-order valence-electron chi connectivity index (χ1n) is 5.51. The van der Waals surface area contributed by atoms with Gasteiger partial charge >= 0.3 is 0 Å². The molecule has 0 aliphatic carbocycles. The zero-order valence-electron chi connectivity index (χ0n) is 9.22. The van der Waals surface area contributed by atoms with E-state index in [4.69, 9.17) is 5.11 Å². The van der Waals surface area contributed by atoms with E-state index in [1.807, 2.05) is 30.3 Å². The molecule has 1 aromatic carbocycles. The summed E-state index contributed by atoms with van der Waals surface area (Å²) < 4.78 is 0. The summed E-state index contributed by atoms with van der Waals surface area (Å²) >= 11 is 0. The Morgan fingerprint density at radius 1 is 1.12 bits per heavy atom. The van der Waals surface area contributed by atoms with Crippen LogP contribution in [-0.4, -0.2) is 15.1 Å². The van der Waals surface area contributed by atoms with Gasteiger partial charge in [0, 0.05) is 17.1 Å². The molecule has 3 aromatic rings. The van der Waals surface area contributed by atoms with Crippen molar-refractivity contribution in [1.82, 2.24) is 9.97 Å². The van der Waals surface area contributed by atoms with Gasteiger partial charge in [-0.15, -0.1) is 0 Å². The highest BCUT2D eigenvalue weighted by molar-refractivity contribution is 5.85. The van der Waals surface area contributed by atoms with E-state index in [9.17, 15) is 0 Å². The van der Waals surface area contributed by atoms with E-state index in [0.717, 1.165) is 22.5 Å². The highest BCUT2D eigenvalue weighted by Crippen LogP contribution is 2.22. The smallest absolute Gasteiger partial charge is 0.0868 e. The van der Waals surface area contributed by atoms with Crippen molar-refractivity contribution < 1.29 is 5.11 Å². The van der Waals surface area contributed by atoms with Crippen LogP contribution in [0.4, 0.5) is 0 Å². The van der Waals surface area contributed by atoms with Crippen LogP contribution in [0.25, 0.3) is 22.3 Å². The second-order valence-electron chi connectivity index (χ2n) is 3.98. The van der Waals surface area contributed by atoms with Crippen LogP contribution in [-0.2, 0) is 6.61 Å². The third-order valence-electron chi connectivity index (χ3n) is 2.81. The highest BCUT2D eigenvalue weighted by atomic mass is 16.3. The lowest BCUT2D eigenvalue weighted by molar-refractivity contribution is 0.282. The van der Waals surface area contributed by atoms with Crippen molar-refractivity contribution >= 4 is 10.9 Å². The van der Waals surface area contributed by atoms with E-state index in [1.54, 1.807) is 6.20 Å². The van der Waals surface area contributed by atoms with Crippen molar-refractivity contribution in [2.24, 2.45) is 0 Å². The maximum atomic E-state index is 9.11. The number of hydrogen-bond acceptors (Lipinski definition) is 2. The van der Waals surface area contributed by atoms with Gasteiger partial charge < -0.3 is 10.1 Å². The molecule has 0 bridgehead atoms. The van der Waals surface area contributed by atoms with Crippen LogP contribution in [0.2, 0.25) is 0 Å². The van der Waals surface area contributed by atoms with Gasteiger partial charge in [0.15, 0.2) is 0 Å². The first-order chi connectivity index (χ1) is 8.36. The molecule has 0 aliphatic heterocycles. The van der Waals surface area contributed by atoms with Gasteiger partial charge in [-0.2, -0.15) is 0 Å². The summed E-state index contributed by atoms with van der Waals surface area (Å²) in [5, 5.41) is 10.3. The van der Waals surface area contributed by atoms with Gasteiger partial charge in [0.25, 0.3) is 0 Å². The molecule has 0 fully saturated rings. The van der Waals surface area contributed by atoms with Gasteiger partial charge in [-0.05, 0) is 29.8 Å². The maximum Gasteiger partial charge on any atom is 0.0868 e. The molecular weight excluding hydrogens is 212 g/mol. The fourth-order valence-electron chi connectivity index (χ4n) is 1.93. The predicted molar refractivity (Wildman–Crippen MR) is 67.5 cm³/mol. The van der Waals surface area contributed by atoms with Crippen LogP contribution >= 0.6 is 0 Å². The van der Waals surface area contributed by atoms with Crippen LogP contribution in [0.15, 0.2) is 48.7 Å². The molecule has 0 amide bonds. The number of aliphatic hydroxyl groups is 1. The minimum absolute atomic E-state index is 0.0374. The van der Waals surface area contributed by atoms with Crippen molar-refractivity contribution in [3.63, 3.8) is 0 Å². The molecule has 0 saturated heterocycles. The topological polar surface area (TPSA) is 48.9 Å². The Bertz CT molecular complexity index is 625. The minimum Gasteiger partial charge on any atom is -0.392 e. The molecule has 0 saturated carbocycles. The third kappa shape index (κ3) is 1.81. The Hall–Kier alpha value is -2.13. The molecule has 0 unspecified atom stereocenters. The molecular formula is C14H12N2O. The number of aromatic nitrogens is 2. The summed E-state index contributed by atoms with van der Waals surface area (Å²) in [4.78, 5) is 7.63. The van der Waals surface area contributed by atoms with E-state index in [-0.39, 0.29) is 6.61 Å². The average Bonchev–Trinajstić information content (AvgIpc) is 2.82. The molecule has 0 spiro atoms. The standard InChI is InChI=1S/C14H12N2O/c17-9-10-5-6-15-13(7-10)14-8-11-3-1-2-4-12(11)16-14/h1-8,16-17H,9H2. The second kappa shape index (κ2) is 4.03. The van der Waals surface area contributed by atoms with E-state index < -0.39 is 0 Å². The van der Waals surface area contributed by atoms with Crippen molar-refractivity contribution in [2.45, 2.75) is 6.61 Å². The van der Waals surface area contributed by atoms with Gasteiger partial charge in [0.2, 0.25) is 0 Å². The predicted octanol–water partition coefficient (Wildman–Crippen LogP) is 2.72. The molecule has 2 aromatic heterocycles. The second-order valence-corrected chi connectivity index (χ2v) is 3.98. The average molecular weight is 224 g/mol. The minimum atomic E-state index is 0.0374.